The van der Waals surface area contributed by atoms with Gasteiger partial charge in [0.1, 0.15) is 17.5 Å². The number of hydrogen-bond acceptors (Lipinski definition) is 4. The van der Waals surface area contributed by atoms with Crippen molar-refractivity contribution in [1.29, 1.82) is 5.26 Å². The monoisotopic (exact) mass is 342 g/mol. The number of hydrogen-bond donors (Lipinski definition) is 2. The quantitative estimate of drug-likeness (QED) is 0.597. The van der Waals surface area contributed by atoms with Gasteiger partial charge in [-0.3, -0.25) is 9.78 Å². The zero-order chi connectivity index (χ0) is 18.1. The number of pyridine rings is 1. The Balaban J connectivity index is 1.62. The molecule has 0 aliphatic rings. The van der Waals surface area contributed by atoms with Crippen LogP contribution in [0.1, 0.15) is 16.1 Å². The Hall–Kier alpha value is -3.92. The Morgan fingerprint density at radius 2 is 2.15 bits per heavy atom. The van der Waals surface area contributed by atoms with E-state index < -0.39 is 0 Å². The fraction of sp³-hybridized carbons (Fsp3) is 0.0526. The average Bonchev–Trinajstić information content (AvgIpc) is 3.25. The maximum atomic E-state index is 12.4. The van der Waals surface area contributed by atoms with Crippen molar-refractivity contribution < 1.29 is 4.79 Å². The fourth-order valence-corrected chi connectivity index (χ4v) is 2.76. The summed E-state index contributed by atoms with van der Waals surface area (Å²) in [6.45, 7) is 0. The molecular weight excluding hydrogens is 328 g/mol. The lowest BCUT2D eigenvalue weighted by Gasteiger charge is -2.05. The van der Waals surface area contributed by atoms with Crippen LogP contribution >= 0.6 is 0 Å². The molecule has 0 fully saturated rings. The maximum Gasteiger partial charge on any atom is 0.272 e. The van der Waals surface area contributed by atoms with Crippen molar-refractivity contribution in [2.45, 2.75) is 0 Å². The predicted molar refractivity (Wildman–Crippen MR) is 97.4 cm³/mol. The lowest BCUT2D eigenvalue weighted by molar-refractivity contribution is 0.101. The summed E-state index contributed by atoms with van der Waals surface area (Å²) in [4.78, 5) is 24.5. The first-order chi connectivity index (χ1) is 12.6. The Labute approximate surface area is 148 Å². The SMILES string of the molecule is Cn1cc(C#N)cc1C(=O)Nc1ccc2nc(-c3ccccn3)[nH]c2c1. The first-order valence-electron chi connectivity index (χ1n) is 7.93. The van der Waals surface area contributed by atoms with Crippen molar-refractivity contribution in [3.8, 4) is 17.6 Å². The molecule has 0 aliphatic carbocycles. The third-order valence-corrected chi connectivity index (χ3v) is 4.01. The molecule has 3 aromatic heterocycles. The molecule has 7 heteroatoms. The van der Waals surface area contributed by atoms with E-state index in [1.807, 2.05) is 36.4 Å². The molecule has 0 atom stereocenters. The van der Waals surface area contributed by atoms with Gasteiger partial charge in [0.05, 0.1) is 16.6 Å². The Bertz CT molecular complexity index is 1150. The minimum atomic E-state index is -0.280. The molecule has 0 saturated carbocycles. The number of nitrogens with zero attached hydrogens (tertiary/aromatic N) is 4. The minimum Gasteiger partial charge on any atom is -0.345 e. The number of amides is 1. The second-order valence-corrected chi connectivity index (χ2v) is 5.82. The summed E-state index contributed by atoms with van der Waals surface area (Å²) < 4.78 is 1.63. The van der Waals surface area contributed by atoms with Gasteiger partial charge in [-0.15, -0.1) is 0 Å². The third kappa shape index (κ3) is 2.80. The predicted octanol–water partition coefficient (Wildman–Crippen LogP) is 3.09. The zero-order valence-corrected chi connectivity index (χ0v) is 13.9. The van der Waals surface area contributed by atoms with E-state index in [1.54, 1.807) is 36.1 Å². The van der Waals surface area contributed by atoms with E-state index in [9.17, 15) is 4.79 Å². The number of carbonyl (C=O) groups excluding carboxylic acids is 1. The molecule has 0 saturated heterocycles. The van der Waals surface area contributed by atoms with Crippen LogP contribution in [0.15, 0.2) is 54.9 Å². The van der Waals surface area contributed by atoms with E-state index in [0.717, 1.165) is 16.7 Å². The average molecular weight is 342 g/mol. The maximum absolute atomic E-state index is 12.4. The molecule has 2 N–H and O–H groups in total. The van der Waals surface area contributed by atoms with E-state index in [1.165, 1.54) is 0 Å². The Kier molecular flexibility index (Phi) is 3.71. The highest BCUT2D eigenvalue weighted by atomic mass is 16.1. The van der Waals surface area contributed by atoms with Gasteiger partial charge in [-0.25, -0.2) is 4.98 Å². The van der Waals surface area contributed by atoms with Crippen LogP contribution < -0.4 is 5.32 Å². The van der Waals surface area contributed by atoms with Crippen molar-refractivity contribution in [3.63, 3.8) is 0 Å². The van der Waals surface area contributed by atoms with Crippen molar-refractivity contribution in [1.82, 2.24) is 19.5 Å². The molecule has 126 valence electrons. The van der Waals surface area contributed by atoms with Gasteiger partial charge in [0.25, 0.3) is 5.91 Å². The molecule has 1 aromatic carbocycles. The van der Waals surface area contributed by atoms with Crippen LogP contribution in [-0.4, -0.2) is 25.4 Å². The number of aromatic nitrogens is 4. The van der Waals surface area contributed by atoms with Crippen LogP contribution in [0.5, 0.6) is 0 Å². The summed E-state index contributed by atoms with van der Waals surface area (Å²) in [5.74, 6) is 0.392. The van der Waals surface area contributed by atoms with Crippen molar-refractivity contribution in [2.75, 3.05) is 5.32 Å². The normalized spacial score (nSPS) is 10.6. The number of fused-ring (bicyclic) bond motifs is 1. The molecule has 0 radical (unpaired) electrons. The molecule has 4 aromatic rings. The Morgan fingerprint density at radius 3 is 2.88 bits per heavy atom. The van der Waals surface area contributed by atoms with E-state index >= 15 is 0 Å². The summed E-state index contributed by atoms with van der Waals surface area (Å²) in [6, 6.07) is 14.7. The summed E-state index contributed by atoms with van der Waals surface area (Å²) in [7, 11) is 1.73. The topological polar surface area (TPSA) is 99.4 Å². The van der Waals surface area contributed by atoms with Gasteiger partial charge < -0.3 is 14.9 Å². The number of nitriles is 1. The van der Waals surface area contributed by atoms with Crippen LogP contribution in [0.3, 0.4) is 0 Å². The molecule has 0 unspecified atom stereocenters. The van der Waals surface area contributed by atoms with Gasteiger partial charge in [0.2, 0.25) is 0 Å². The number of carbonyl (C=O) groups is 1. The van der Waals surface area contributed by atoms with Gasteiger partial charge in [0, 0.05) is 25.1 Å². The number of nitrogens with one attached hydrogen (secondary N) is 2. The van der Waals surface area contributed by atoms with E-state index in [0.29, 0.717) is 22.8 Å². The van der Waals surface area contributed by atoms with Crippen LogP contribution in [0.4, 0.5) is 5.69 Å². The largest absolute Gasteiger partial charge is 0.345 e. The van der Waals surface area contributed by atoms with Crippen molar-refractivity contribution >= 4 is 22.6 Å². The molecule has 4 rings (SSSR count). The zero-order valence-electron chi connectivity index (χ0n) is 13.9. The number of imidazole rings is 1. The van der Waals surface area contributed by atoms with Crippen LogP contribution in [0, 0.1) is 11.3 Å². The lowest BCUT2D eigenvalue weighted by Crippen LogP contribution is -2.15. The van der Waals surface area contributed by atoms with Gasteiger partial charge in [-0.2, -0.15) is 5.26 Å². The number of rotatable bonds is 3. The van der Waals surface area contributed by atoms with Gasteiger partial charge in [-0.1, -0.05) is 6.07 Å². The Morgan fingerprint density at radius 1 is 1.27 bits per heavy atom. The second-order valence-electron chi connectivity index (χ2n) is 5.82. The third-order valence-electron chi connectivity index (χ3n) is 4.01. The molecule has 0 spiro atoms. The minimum absolute atomic E-state index is 0.280. The standard InChI is InChI=1S/C19H14N6O/c1-25-11-12(10-20)8-17(25)19(26)22-13-5-6-14-16(9-13)24-18(23-14)15-4-2-3-7-21-15/h2-9,11H,1H3,(H,22,26)(H,23,24). The summed E-state index contributed by atoms with van der Waals surface area (Å²) in [5.41, 5.74) is 3.84. The highest BCUT2D eigenvalue weighted by Crippen LogP contribution is 2.22. The van der Waals surface area contributed by atoms with Crippen molar-refractivity contribution in [2.24, 2.45) is 7.05 Å². The van der Waals surface area contributed by atoms with E-state index in [2.05, 4.69) is 20.3 Å². The van der Waals surface area contributed by atoms with Gasteiger partial charge >= 0.3 is 0 Å². The van der Waals surface area contributed by atoms with Gasteiger partial charge in [-0.05, 0) is 36.4 Å². The first kappa shape index (κ1) is 15.6. The van der Waals surface area contributed by atoms with Crippen molar-refractivity contribution in [3.05, 3.63) is 66.1 Å². The number of benzene rings is 1. The summed E-state index contributed by atoms with van der Waals surface area (Å²) >= 11 is 0. The number of aryl methyl sites for hydroxylation is 1. The molecule has 26 heavy (non-hydrogen) atoms. The molecule has 7 nitrogen and oxygen atoms in total. The van der Waals surface area contributed by atoms with Crippen LogP contribution in [-0.2, 0) is 7.05 Å². The summed E-state index contributed by atoms with van der Waals surface area (Å²) in [5, 5.41) is 11.8. The lowest BCUT2D eigenvalue weighted by atomic mass is 10.2. The van der Waals surface area contributed by atoms with Gasteiger partial charge in [0.15, 0.2) is 5.82 Å². The highest BCUT2D eigenvalue weighted by Gasteiger charge is 2.13. The molecule has 3 heterocycles. The number of H-pyrrole nitrogens is 1. The molecule has 1 amide bonds. The molecule has 0 aliphatic heterocycles. The fourth-order valence-electron chi connectivity index (χ4n) is 2.76. The second kappa shape index (κ2) is 6.18. The van der Waals surface area contributed by atoms with Crippen LogP contribution in [0.25, 0.3) is 22.6 Å². The van der Waals surface area contributed by atoms with E-state index in [-0.39, 0.29) is 5.91 Å². The molecular formula is C19H14N6O. The van der Waals surface area contributed by atoms with Crippen LogP contribution in [0.2, 0.25) is 0 Å². The molecule has 0 bridgehead atoms. The smallest absolute Gasteiger partial charge is 0.272 e. The number of anilines is 1. The first-order valence-corrected chi connectivity index (χ1v) is 7.93. The highest BCUT2D eigenvalue weighted by molar-refractivity contribution is 6.04. The number of aromatic amines is 1. The van der Waals surface area contributed by atoms with E-state index in [4.69, 9.17) is 5.26 Å². The summed E-state index contributed by atoms with van der Waals surface area (Å²) in [6.07, 6.45) is 3.33.